The Labute approximate surface area is 95.7 Å². The molecule has 0 fully saturated rings. The first-order valence-electron chi connectivity index (χ1n) is 4.81. The lowest BCUT2D eigenvalue weighted by Crippen LogP contribution is -2.08. The van der Waals surface area contributed by atoms with Gasteiger partial charge in [-0.3, -0.25) is 0 Å². The monoisotopic (exact) mass is 207 g/mol. The van der Waals surface area contributed by atoms with Crippen LogP contribution >= 0.6 is 0 Å². The summed E-state index contributed by atoms with van der Waals surface area (Å²) in [6, 6.07) is 0. The molecule has 0 bridgehead atoms. The van der Waals surface area contributed by atoms with Crippen molar-refractivity contribution in [3.05, 3.63) is 36.9 Å². The molecule has 4 nitrogen and oxygen atoms in total. The molecule has 0 saturated carbocycles. The second-order valence-electron chi connectivity index (χ2n) is 3.29. The summed E-state index contributed by atoms with van der Waals surface area (Å²) in [6.07, 6.45) is 6.80. The number of aromatic nitrogens is 4. The molecule has 0 aliphatic carbocycles. The van der Waals surface area contributed by atoms with Gasteiger partial charge in [-0.2, -0.15) is 5.10 Å². The second kappa shape index (κ2) is 4.35. The molecule has 75 valence electrons. The van der Waals surface area contributed by atoms with Crippen LogP contribution in [-0.2, 0) is 0 Å². The SMILES string of the molecule is [B][B]n1nc(/C(C)=C/C=C)c2cncnc21. The lowest BCUT2D eigenvalue weighted by atomic mass is 9.67. The van der Waals surface area contributed by atoms with Gasteiger partial charge >= 0.3 is 0 Å². The predicted molar refractivity (Wildman–Crippen MR) is 66.1 cm³/mol. The van der Waals surface area contributed by atoms with Gasteiger partial charge in [-0.05, 0) is 12.5 Å². The number of hydrogen-bond donors (Lipinski definition) is 0. The van der Waals surface area contributed by atoms with E-state index in [4.69, 9.17) is 7.74 Å². The Balaban J connectivity index is 2.71. The van der Waals surface area contributed by atoms with Crippen molar-refractivity contribution in [3.8, 4) is 0 Å². The Kier molecular flexibility index (Phi) is 2.90. The van der Waals surface area contributed by atoms with Gasteiger partial charge in [0.25, 0.3) is 0 Å². The summed E-state index contributed by atoms with van der Waals surface area (Å²) in [7, 11) is 6.85. The molecule has 0 saturated heterocycles. The van der Waals surface area contributed by atoms with Crippen LogP contribution in [0.1, 0.15) is 12.6 Å². The molecule has 0 aliphatic rings. The fourth-order valence-corrected chi connectivity index (χ4v) is 1.53. The average Bonchev–Trinajstić information content (AvgIpc) is 2.68. The number of allylic oxidation sites excluding steroid dienone is 3. The van der Waals surface area contributed by atoms with E-state index in [1.54, 1.807) is 12.3 Å². The Morgan fingerprint density at radius 3 is 3.12 bits per heavy atom. The maximum Gasteiger partial charge on any atom is 0.221 e. The van der Waals surface area contributed by atoms with E-state index in [1.165, 1.54) is 18.2 Å². The third kappa shape index (κ3) is 1.66. The van der Waals surface area contributed by atoms with Gasteiger partial charge in [-0.25, -0.2) is 9.97 Å². The molecule has 2 heterocycles. The van der Waals surface area contributed by atoms with Gasteiger partial charge in [0.1, 0.15) is 12.0 Å². The zero-order valence-electron chi connectivity index (χ0n) is 8.96. The zero-order valence-corrected chi connectivity index (χ0v) is 8.96. The van der Waals surface area contributed by atoms with E-state index in [1.807, 2.05) is 13.0 Å². The van der Waals surface area contributed by atoms with Gasteiger partial charge < -0.3 is 4.59 Å². The summed E-state index contributed by atoms with van der Waals surface area (Å²) < 4.78 is 1.53. The summed E-state index contributed by atoms with van der Waals surface area (Å²) in [6.45, 7) is 5.61. The molecular formula is C10H9B2N4. The van der Waals surface area contributed by atoms with Gasteiger partial charge in [0.15, 0.2) is 0 Å². The lowest BCUT2D eigenvalue weighted by molar-refractivity contribution is 0.984. The minimum absolute atomic E-state index is 0.698. The van der Waals surface area contributed by atoms with Crippen LogP contribution in [0.3, 0.4) is 0 Å². The van der Waals surface area contributed by atoms with Gasteiger partial charge in [0, 0.05) is 13.9 Å². The van der Waals surface area contributed by atoms with Crippen molar-refractivity contribution >= 4 is 31.6 Å². The van der Waals surface area contributed by atoms with Crippen molar-refractivity contribution < 1.29 is 0 Å². The highest BCUT2D eigenvalue weighted by Gasteiger charge is 2.11. The summed E-state index contributed by atoms with van der Waals surface area (Å²) in [5.74, 6) is 0. The summed E-state index contributed by atoms with van der Waals surface area (Å²) in [5.41, 5.74) is 2.51. The first kappa shape index (κ1) is 10.7. The zero-order chi connectivity index (χ0) is 11.5. The van der Waals surface area contributed by atoms with Gasteiger partial charge in [-0.15, -0.1) is 0 Å². The van der Waals surface area contributed by atoms with Crippen molar-refractivity contribution in [2.75, 3.05) is 0 Å². The van der Waals surface area contributed by atoms with Gasteiger partial charge in [-0.1, -0.05) is 18.7 Å². The summed E-state index contributed by atoms with van der Waals surface area (Å²) >= 11 is 0. The standard InChI is InChI=1S/C10H9B2N4/c1-3-4-7(2)9-8-5-13-6-14-10(8)16(12-11)15-9/h3-6H,1H2,2H3/b7-4+. The number of rotatable bonds is 3. The fraction of sp³-hybridized carbons (Fsp3) is 0.100. The first-order chi connectivity index (χ1) is 7.77. The van der Waals surface area contributed by atoms with Crippen molar-refractivity contribution in [2.24, 2.45) is 0 Å². The molecule has 16 heavy (non-hydrogen) atoms. The molecule has 0 aromatic carbocycles. The largest absolute Gasteiger partial charge is 0.312 e. The molecule has 3 radical (unpaired) electrons. The van der Waals surface area contributed by atoms with E-state index in [-0.39, 0.29) is 0 Å². The molecule has 2 aromatic rings. The molecule has 0 spiro atoms. The number of fused-ring (bicyclic) bond motifs is 1. The molecule has 0 unspecified atom stereocenters. The Hall–Kier alpha value is -1.84. The summed E-state index contributed by atoms with van der Waals surface area (Å²) in [5, 5.41) is 5.22. The normalized spacial score (nSPS) is 11.7. The van der Waals surface area contributed by atoms with Crippen LogP contribution in [0.4, 0.5) is 0 Å². The molecule has 6 heteroatoms. The predicted octanol–water partition coefficient (Wildman–Crippen LogP) is 0.966. The highest BCUT2D eigenvalue weighted by Crippen LogP contribution is 2.21. The second-order valence-corrected chi connectivity index (χ2v) is 3.29. The van der Waals surface area contributed by atoms with Crippen LogP contribution in [0.2, 0.25) is 0 Å². The highest BCUT2D eigenvalue weighted by molar-refractivity contribution is 6.88. The van der Waals surface area contributed by atoms with Crippen LogP contribution in [0.25, 0.3) is 16.6 Å². The molecular weight excluding hydrogens is 198 g/mol. The molecule has 2 rings (SSSR count). The highest BCUT2D eigenvalue weighted by atomic mass is 15.3. The molecule has 0 aliphatic heterocycles. The number of nitrogens with zero attached hydrogens (tertiary/aromatic N) is 4. The first-order valence-corrected chi connectivity index (χ1v) is 4.81. The fourth-order valence-electron chi connectivity index (χ4n) is 1.53. The van der Waals surface area contributed by atoms with Crippen molar-refractivity contribution in [2.45, 2.75) is 6.92 Å². The van der Waals surface area contributed by atoms with Crippen LogP contribution < -0.4 is 0 Å². The topological polar surface area (TPSA) is 43.6 Å². The summed E-state index contributed by atoms with van der Waals surface area (Å²) in [4.78, 5) is 8.13. The smallest absolute Gasteiger partial charge is 0.221 e. The minimum atomic E-state index is 0.698. The van der Waals surface area contributed by atoms with E-state index in [0.29, 0.717) is 5.65 Å². The quantitative estimate of drug-likeness (QED) is 0.556. The Morgan fingerprint density at radius 1 is 1.62 bits per heavy atom. The average molecular weight is 207 g/mol. The minimum Gasteiger partial charge on any atom is -0.312 e. The Bertz CT molecular complexity index is 559. The molecule has 0 atom stereocenters. The van der Waals surface area contributed by atoms with E-state index in [2.05, 4.69) is 21.6 Å². The van der Waals surface area contributed by atoms with Gasteiger partial charge in [0.2, 0.25) is 7.31 Å². The van der Waals surface area contributed by atoms with E-state index in [9.17, 15) is 0 Å². The van der Waals surface area contributed by atoms with Crippen LogP contribution in [0, 0.1) is 0 Å². The third-order valence-electron chi connectivity index (χ3n) is 2.25. The molecule has 2 aromatic heterocycles. The Morgan fingerprint density at radius 2 is 2.44 bits per heavy atom. The maximum atomic E-state index is 5.48. The van der Waals surface area contributed by atoms with E-state index >= 15 is 0 Å². The third-order valence-corrected chi connectivity index (χ3v) is 2.25. The lowest BCUT2D eigenvalue weighted by Gasteiger charge is -1.94. The van der Waals surface area contributed by atoms with E-state index in [0.717, 1.165) is 16.7 Å². The van der Waals surface area contributed by atoms with Crippen LogP contribution in [0.5, 0.6) is 0 Å². The van der Waals surface area contributed by atoms with Crippen LogP contribution in [-0.4, -0.2) is 34.7 Å². The van der Waals surface area contributed by atoms with Crippen LogP contribution in [0.15, 0.2) is 31.3 Å². The van der Waals surface area contributed by atoms with Gasteiger partial charge in [0.05, 0.1) is 11.1 Å². The van der Waals surface area contributed by atoms with Crippen molar-refractivity contribution in [1.82, 2.24) is 19.7 Å². The maximum absolute atomic E-state index is 5.48. The molecule has 0 N–H and O–H groups in total. The van der Waals surface area contributed by atoms with Crippen molar-refractivity contribution in [3.63, 3.8) is 0 Å². The van der Waals surface area contributed by atoms with Crippen molar-refractivity contribution in [1.29, 1.82) is 0 Å². The van der Waals surface area contributed by atoms with E-state index < -0.39 is 0 Å². The molecule has 0 amide bonds. The number of hydrogen-bond acceptors (Lipinski definition) is 3.